The molecule has 3 nitrogen and oxygen atoms in total. The molecule has 0 aliphatic heterocycles. The highest BCUT2D eigenvalue weighted by Crippen LogP contribution is 2.24. The van der Waals surface area contributed by atoms with Crippen molar-refractivity contribution in [3.05, 3.63) is 88.9 Å². The predicted octanol–water partition coefficient (Wildman–Crippen LogP) is 5.81. The lowest BCUT2D eigenvalue weighted by molar-refractivity contribution is -0.116. The highest BCUT2D eigenvalue weighted by Gasteiger charge is 2.04. The van der Waals surface area contributed by atoms with E-state index in [1.54, 1.807) is 0 Å². The number of ether oxygens (including phenoxy) is 1. The molecule has 25 heavy (non-hydrogen) atoms. The molecule has 1 N–H and O–H groups in total. The Hall–Kier alpha value is -2.59. The van der Waals surface area contributed by atoms with Crippen molar-refractivity contribution in [1.82, 2.24) is 0 Å². The Labute approximate surface area is 155 Å². The third-order valence-corrected chi connectivity index (χ3v) is 4.20. The summed E-state index contributed by atoms with van der Waals surface area (Å²) in [6.07, 6.45) is 1.19. The summed E-state index contributed by atoms with van der Waals surface area (Å²) in [5, 5.41) is 2.91. The van der Waals surface area contributed by atoms with Gasteiger partial charge >= 0.3 is 0 Å². The summed E-state index contributed by atoms with van der Waals surface area (Å²) in [6, 6.07) is 25.0. The van der Waals surface area contributed by atoms with Crippen LogP contribution in [0.25, 0.3) is 0 Å². The van der Waals surface area contributed by atoms with Crippen molar-refractivity contribution in [2.45, 2.75) is 12.8 Å². The van der Waals surface area contributed by atoms with Crippen LogP contribution >= 0.6 is 15.9 Å². The fourth-order valence-electron chi connectivity index (χ4n) is 2.37. The third kappa shape index (κ3) is 5.47. The van der Waals surface area contributed by atoms with Gasteiger partial charge in [-0.2, -0.15) is 0 Å². The van der Waals surface area contributed by atoms with Gasteiger partial charge in [0.2, 0.25) is 5.91 Å². The molecule has 0 heterocycles. The average Bonchev–Trinajstić information content (AvgIpc) is 2.64. The fourth-order valence-corrected chi connectivity index (χ4v) is 2.64. The summed E-state index contributed by atoms with van der Waals surface area (Å²) in [6.45, 7) is 0. The first-order valence-electron chi connectivity index (χ1n) is 8.06. The van der Waals surface area contributed by atoms with Crippen LogP contribution in [0.5, 0.6) is 11.5 Å². The van der Waals surface area contributed by atoms with E-state index < -0.39 is 0 Å². The summed E-state index contributed by atoms with van der Waals surface area (Å²) < 4.78 is 6.77. The molecular weight excluding hydrogens is 378 g/mol. The van der Waals surface area contributed by atoms with Gasteiger partial charge in [-0.25, -0.2) is 0 Å². The van der Waals surface area contributed by atoms with Crippen LogP contribution in [-0.4, -0.2) is 5.91 Å². The molecule has 0 aromatic heterocycles. The molecule has 0 aliphatic rings. The molecule has 0 atom stereocenters. The minimum absolute atomic E-state index is 0.00503. The van der Waals surface area contributed by atoms with Gasteiger partial charge in [0.05, 0.1) is 0 Å². The molecule has 0 saturated heterocycles. The molecule has 0 unspecified atom stereocenters. The monoisotopic (exact) mass is 395 g/mol. The van der Waals surface area contributed by atoms with Crippen molar-refractivity contribution in [3.8, 4) is 11.5 Å². The predicted molar refractivity (Wildman–Crippen MR) is 104 cm³/mol. The average molecular weight is 396 g/mol. The molecule has 0 saturated carbocycles. The first kappa shape index (κ1) is 17.2. The van der Waals surface area contributed by atoms with Gasteiger partial charge in [0.25, 0.3) is 0 Å². The molecule has 0 fully saturated rings. The number of carbonyl (C=O) groups is 1. The zero-order valence-corrected chi connectivity index (χ0v) is 15.2. The van der Waals surface area contributed by atoms with Crippen molar-refractivity contribution in [2.24, 2.45) is 0 Å². The van der Waals surface area contributed by atoms with Gasteiger partial charge in [-0.1, -0.05) is 46.3 Å². The van der Waals surface area contributed by atoms with Crippen molar-refractivity contribution < 1.29 is 9.53 Å². The van der Waals surface area contributed by atoms with E-state index in [0.29, 0.717) is 6.42 Å². The van der Waals surface area contributed by atoms with E-state index in [4.69, 9.17) is 4.74 Å². The molecule has 0 aliphatic carbocycles. The van der Waals surface area contributed by atoms with Crippen molar-refractivity contribution in [1.29, 1.82) is 0 Å². The Morgan fingerprint density at radius 3 is 2.08 bits per heavy atom. The van der Waals surface area contributed by atoms with E-state index in [1.807, 2.05) is 78.9 Å². The number of anilines is 1. The van der Waals surface area contributed by atoms with E-state index in [9.17, 15) is 4.79 Å². The highest BCUT2D eigenvalue weighted by molar-refractivity contribution is 9.10. The van der Waals surface area contributed by atoms with Crippen LogP contribution in [-0.2, 0) is 11.2 Å². The molecule has 0 radical (unpaired) electrons. The summed E-state index contributed by atoms with van der Waals surface area (Å²) >= 11 is 3.40. The second kappa shape index (κ2) is 8.49. The molecule has 0 bridgehead atoms. The zero-order chi connectivity index (χ0) is 17.5. The van der Waals surface area contributed by atoms with Gasteiger partial charge in [-0.3, -0.25) is 4.79 Å². The number of nitrogens with one attached hydrogen (secondary N) is 1. The standard InChI is InChI=1S/C21H18BrNO2/c22-17-7-11-19(12-8-17)25-20-13-9-18(10-14-20)23-21(24)15-6-16-4-2-1-3-5-16/h1-5,7-14H,6,15H2,(H,23,24). The summed E-state index contributed by atoms with van der Waals surface area (Å²) in [7, 11) is 0. The number of rotatable bonds is 6. The van der Waals surface area contributed by atoms with Crippen LogP contribution in [0.2, 0.25) is 0 Å². The number of benzene rings is 3. The largest absolute Gasteiger partial charge is 0.457 e. The van der Waals surface area contributed by atoms with Crippen molar-refractivity contribution in [3.63, 3.8) is 0 Å². The second-order valence-corrected chi connectivity index (χ2v) is 6.53. The van der Waals surface area contributed by atoms with Crippen LogP contribution in [0.15, 0.2) is 83.3 Å². The van der Waals surface area contributed by atoms with Crippen LogP contribution in [0.4, 0.5) is 5.69 Å². The van der Waals surface area contributed by atoms with E-state index in [0.717, 1.165) is 33.6 Å². The summed E-state index contributed by atoms with van der Waals surface area (Å²) in [5.41, 5.74) is 1.93. The SMILES string of the molecule is O=C(CCc1ccccc1)Nc1ccc(Oc2ccc(Br)cc2)cc1. The maximum absolute atomic E-state index is 12.0. The molecule has 3 aromatic rings. The van der Waals surface area contributed by atoms with E-state index >= 15 is 0 Å². The number of carbonyl (C=O) groups excluding carboxylic acids is 1. The molecule has 4 heteroatoms. The number of amides is 1. The molecule has 3 rings (SSSR count). The topological polar surface area (TPSA) is 38.3 Å². The van der Waals surface area contributed by atoms with Gasteiger partial charge in [0, 0.05) is 16.6 Å². The van der Waals surface area contributed by atoms with E-state index in [1.165, 1.54) is 0 Å². The molecule has 0 spiro atoms. The van der Waals surface area contributed by atoms with Gasteiger partial charge in [-0.15, -0.1) is 0 Å². The second-order valence-electron chi connectivity index (χ2n) is 5.61. The van der Waals surface area contributed by atoms with Crippen LogP contribution in [0.1, 0.15) is 12.0 Å². The van der Waals surface area contributed by atoms with Gasteiger partial charge in [0.1, 0.15) is 11.5 Å². The third-order valence-electron chi connectivity index (χ3n) is 3.67. The number of hydrogen-bond donors (Lipinski definition) is 1. The van der Waals surface area contributed by atoms with Gasteiger partial charge < -0.3 is 10.1 Å². The highest BCUT2D eigenvalue weighted by atomic mass is 79.9. The Morgan fingerprint density at radius 1 is 0.840 bits per heavy atom. The quantitative estimate of drug-likeness (QED) is 0.571. The maximum atomic E-state index is 12.0. The Bertz CT molecular complexity index is 815. The minimum Gasteiger partial charge on any atom is -0.457 e. The number of aryl methyl sites for hydroxylation is 1. The lowest BCUT2D eigenvalue weighted by Gasteiger charge is -2.08. The lowest BCUT2D eigenvalue weighted by Crippen LogP contribution is -2.12. The Kier molecular flexibility index (Phi) is 5.86. The van der Waals surface area contributed by atoms with Crippen LogP contribution < -0.4 is 10.1 Å². The Morgan fingerprint density at radius 2 is 1.44 bits per heavy atom. The molecule has 126 valence electrons. The van der Waals surface area contributed by atoms with Crippen LogP contribution in [0.3, 0.4) is 0 Å². The molecule has 3 aromatic carbocycles. The van der Waals surface area contributed by atoms with Crippen molar-refractivity contribution in [2.75, 3.05) is 5.32 Å². The summed E-state index contributed by atoms with van der Waals surface area (Å²) in [5.74, 6) is 1.50. The van der Waals surface area contributed by atoms with E-state index in [-0.39, 0.29) is 5.91 Å². The molecule has 1 amide bonds. The smallest absolute Gasteiger partial charge is 0.224 e. The lowest BCUT2D eigenvalue weighted by atomic mass is 10.1. The van der Waals surface area contributed by atoms with Gasteiger partial charge in [0.15, 0.2) is 0 Å². The minimum atomic E-state index is 0.00503. The van der Waals surface area contributed by atoms with E-state index in [2.05, 4.69) is 21.2 Å². The number of halogens is 1. The normalized spacial score (nSPS) is 10.3. The molecular formula is C21H18BrNO2. The zero-order valence-electron chi connectivity index (χ0n) is 13.6. The number of hydrogen-bond acceptors (Lipinski definition) is 2. The van der Waals surface area contributed by atoms with Gasteiger partial charge in [-0.05, 0) is 60.5 Å². The Balaban J connectivity index is 1.51. The van der Waals surface area contributed by atoms with Crippen molar-refractivity contribution >= 4 is 27.5 Å². The summed E-state index contributed by atoms with van der Waals surface area (Å²) in [4.78, 5) is 12.0. The first-order chi connectivity index (χ1) is 12.2. The van der Waals surface area contributed by atoms with Crippen LogP contribution in [0, 0.1) is 0 Å². The fraction of sp³-hybridized carbons (Fsp3) is 0.0952. The maximum Gasteiger partial charge on any atom is 0.224 e. The first-order valence-corrected chi connectivity index (χ1v) is 8.85.